The van der Waals surface area contributed by atoms with E-state index >= 15 is 0 Å². The first-order valence-corrected chi connectivity index (χ1v) is 6.50. The summed E-state index contributed by atoms with van der Waals surface area (Å²) in [4.78, 5) is 14.0. The van der Waals surface area contributed by atoms with Crippen LogP contribution in [0.25, 0.3) is 0 Å². The van der Waals surface area contributed by atoms with Gasteiger partial charge in [0.05, 0.1) is 0 Å². The number of amides is 1. The van der Waals surface area contributed by atoms with Crippen LogP contribution in [0.15, 0.2) is 24.3 Å². The molecule has 0 bridgehead atoms. The van der Waals surface area contributed by atoms with Gasteiger partial charge in [-0.05, 0) is 67.1 Å². The molecule has 0 radical (unpaired) electrons. The maximum atomic E-state index is 12.2. The minimum absolute atomic E-state index is 0.0863. The topological polar surface area (TPSA) is 20.3 Å². The summed E-state index contributed by atoms with van der Waals surface area (Å²) in [6, 6.07) is 7.68. The van der Waals surface area contributed by atoms with Crippen molar-refractivity contribution in [3.63, 3.8) is 0 Å². The van der Waals surface area contributed by atoms with E-state index in [1.165, 1.54) is 0 Å². The lowest BCUT2D eigenvalue weighted by Crippen LogP contribution is -2.44. The van der Waals surface area contributed by atoms with Gasteiger partial charge in [0, 0.05) is 21.7 Å². The minimum Gasteiger partial charge on any atom is -0.337 e. The Hall–Kier alpha value is -0.580. The maximum absolute atomic E-state index is 12.2. The van der Waals surface area contributed by atoms with Gasteiger partial charge in [-0.15, -0.1) is 0 Å². The summed E-state index contributed by atoms with van der Waals surface area (Å²) in [6.07, 6.45) is 0.944. The molecule has 3 heteroatoms. The monoisotopic (exact) mass is 331 g/mol. The van der Waals surface area contributed by atoms with Crippen LogP contribution in [0.4, 0.5) is 0 Å². The molecule has 1 amide bonds. The second kappa shape index (κ2) is 5.17. The normalized spacial score (nSPS) is 11.3. The Morgan fingerprint density at radius 3 is 2.25 bits per heavy atom. The summed E-state index contributed by atoms with van der Waals surface area (Å²) in [6.45, 7) is 6.26. The number of halogens is 1. The molecule has 0 heterocycles. The van der Waals surface area contributed by atoms with Crippen LogP contribution in [0.2, 0.25) is 0 Å². The second-order valence-electron chi connectivity index (χ2n) is 4.54. The molecule has 0 atom stereocenters. The fraction of sp³-hybridized carbons (Fsp3) is 0.462. The minimum atomic E-state index is -0.0971. The molecule has 0 unspecified atom stereocenters. The Bertz CT molecular complexity index is 370. The Morgan fingerprint density at radius 2 is 1.81 bits per heavy atom. The first-order valence-electron chi connectivity index (χ1n) is 5.42. The van der Waals surface area contributed by atoms with E-state index in [4.69, 9.17) is 0 Å². The van der Waals surface area contributed by atoms with Gasteiger partial charge < -0.3 is 4.90 Å². The van der Waals surface area contributed by atoms with Gasteiger partial charge in [-0.3, -0.25) is 4.79 Å². The average Bonchev–Trinajstić information content (AvgIpc) is 2.28. The van der Waals surface area contributed by atoms with Gasteiger partial charge in [-0.2, -0.15) is 0 Å². The third-order valence-electron chi connectivity index (χ3n) is 3.17. The van der Waals surface area contributed by atoms with E-state index in [1.54, 1.807) is 0 Å². The highest BCUT2D eigenvalue weighted by Gasteiger charge is 2.26. The van der Waals surface area contributed by atoms with Gasteiger partial charge in [0.25, 0.3) is 5.91 Å². The van der Waals surface area contributed by atoms with Crippen LogP contribution < -0.4 is 0 Å². The molecule has 0 spiro atoms. The van der Waals surface area contributed by atoms with Gasteiger partial charge in [-0.1, -0.05) is 6.92 Å². The summed E-state index contributed by atoms with van der Waals surface area (Å²) < 4.78 is 1.14. The van der Waals surface area contributed by atoms with E-state index in [9.17, 15) is 4.79 Å². The first kappa shape index (κ1) is 13.5. The molecular weight excluding hydrogens is 313 g/mol. The van der Waals surface area contributed by atoms with Crippen molar-refractivity contribution >= 4 is 28.5 Å². The number of rotatable bonds is 3. The lowest BCUT2D eigenvalue weighted by molar-refractivity contribution is 0.0620. The number of carbonyl (C=O) groups excluding carboxylic acids is 1. The number of carbonyl (C=O) groups is 1. The van der Waals surface area contributed by atoms with Gasteiger partial charge >= 0.3 is 0 Å². The quantitative estimate of drug-likeness (QED) is 0.776. The molecule has 16 heavy (non-hydrogen) atoms. The highest BCUT2D eigenvalue weighted by molar-refractivity contribution is 14.1. The molecule has 0 fully saturated rings. The van der Waals surface area contributed by atoms with Crippen molar-refractivity contribution in [2.45, 2.75) is 32.7 Å². The van der Waals surface area contributed by atoms with E-state index in [-0.39, 0.29) is 11.4 Å². The number of hydrogen-bond donors (Lipinski definition) is 0. The molecular formula is C13H18INO. The summed E-state index contributed by atoms with van der Waals surface area (Å²) in [5, 5.41) is 0. The zero-order valence-electron chi connectivity index (χ0n) is 10.2. The van der Waals surface area contributed by atoms with Crippen molar-refractivity contribution < 1.29 is 4.79 Å². The molecule has 1 aromatic rings. The SMILES string of the molecule is CCC(C)(C)N(C)C(=O)c1ccc(I)cc1. The van der Waals surface area contributed by atoms with E-state index in [0.29, 0.717) is 0 Å². The van der Waals surface area contributed by atoms with Gasteiger partial charge in [0.2, 0.25) is 0 Å². The average molecular weight is 331 g/mol. The lowest BCUT2D eigenvalue weighted by Gasteiger charge is -2.34. The predicted molar refractivity (Wildman–Crippen MR) is 75.6 cm³/mol. The molecule has 1 aromatic carbocycles. The molecule has 0 aliphatic heterocycles. The van der Waals surface area contributed by atoms with Gasteiger partial charge in [-0.25, -0.2) is 0 Å². The Labute approximate surface area is 111 Å². The highest BCUT2D eigenvalue weighted by atomic mass is 127. The number of benzene rings is 1. The van der Waals surface area contributed by atoms with E-state index < -0.39 is 0 Å². The molecule has 0 aromatic heterocycles. The molecule has 2 nitrogen and oxygen atoms in total. The zero-order valence-corrected chi connectivity index (χ0v) is 12.4. The third kappa shape index (κ3) is 2.97. The van der Waals surface area contributed by atoms with Crippen molar-refractivity contribution in [2.75, 3.05) is 7.05 Å². The summed E-state index contributed by atoms with van der Waals surface area (Å²) in [5.74, 6) is 0.0863. The standard InChI is InChI=1S/C13H18INO/c1-5-13(2,3)15(4)12(16)10-6-8-11(14)9-7-10/h6-9H,5H2,1-4H3. The fourth-order valence-corrected chi connectivity index (χ4v) is 1.66. The molecule has 0 saturated heterocycles. The smallest absolute Gasteiger partial charge is 0.254 e. The molecule has 0 aliphatic carbocycles. The van der Waals surface area contributed by atoms with Crippen LogP contribution in [0.5, 0.6) is 0 Å². The molecule has 0 aliphatic rings. The molecule has 0 N–H and O–H groups in total. The second-order valence-corrected chi connectivity index (χ2v) is 5.78. The largest absolute Gasteiger partial charge is 0.337 e. The van der Waals surface area contributed by atoms with Crippen molar-refractivity contribution in [1.29, 1.82) is 0 Å². The Kier molecular flexibility index (Phi) is 4.35. The van der Waals surface area contributed by atoms with Gasteiger partial charge in [0.15, 0.2) is 0 Å². The Morgan fingerprint density at radius 1 is 1.31 bits per heavy atom. The van der Waals surface area contributed by atoms with Crippen molar-refractivity contribution in [2.24, 2.45) is 0 Å². The van der Waals surface area contributed by atoms with Crippen molar-refractivity contribution in [1.82, 2.24) is 4.90 Å². The van der Waals surface area contributed by atoms with E-state index in [2.05, 4.69) is 43.4 Å². The summed E-state index contributed by atoms with van der Waals surface area (Å²) >= 11 is 2.24. The summed E-state index contributed by atoms with van der Waals surface area (Å²) in [7, 11) is 1.86. The first-order chi connectivity index (χ1) is 7.38. The Balaban J connectivity index is 2.90. The highest BCUT2D eigenvalue weighted by Crippen LogP contribution is 2.19. The van der Waals surface area contributed by atoms with Crippen LogP contribution in [0, 0.1) is 3.57 Å². The molecule has 0 saturated carbocycles. The van der Waals surface area contributed by atoms with Crippen LogP contribution in [-0.2, 0) is 0 Å². The zero-order chi connectivity index (χ0) is 12.3. The summed E-state index contributed by atoms with van der Waals surface area (Å²) in [5.41, 5.74) is 0.657. The van der Waals surface area contributed by atoms with Crippen LogP contribution in [0.1, 0.15) is 37.6 Å². The number of nitrogens with zero attached hydrogens (tertiary/aromatic N) is 1. The van der Waals surface area contributed by atoms with E-state index in [1.807, 2.05) is 36.2 Å². The molecule has 1 rings (SSSR count). The van der Waals surface area contributed by atoms with Crippen LogP contribution in [-0.4, -0.2) is 23.4 Å². The third-order valence-corrected chi connectivity index (χ3v) is 3.89. The van der Waals surface area contributed by atoms with Gasteiger partial charge in [0.1, 0.15) is 0 Å². The molecule has 88 valence electrons. The maximum Gasteiger partial charge on any atom is 0.254 e. The lowest BCUT2D eigenvalue weighted by atomic mass is 9.99. The fourth-order valence-electron chi connectivity index (χ4n) is 1.30. The van der Waals surface area contributed by atoms with Crippen LogP contribution in [0.3, 0.4) is 0 Å². The predicted octanol–water partition coefficient (Wildman–Crippen LogP) is 3.55. The van der Waals surface area contributed by atoms with E-state index in [0.717, 1.165) is 15.6 Å². The van der Waals surface area contributed by atoms with Crippen molar-refractivity contribution in [3.8, 4) is 0 Å². The number of hydrogen-bond acceptors (Lipinski definition) is 1. The van der Waals surface area contributed by atoms with Crippen LogP contribution >= 0.6 is 22.6 Å². The van der Waals surface area contributed by atoms with Crippen molar-refractivity contribution in [3.05, 3.63) is 33.4 Å².